The lowest BCUT2D eigenvalue weighted by molar-refractivity contribution is 0.351. The number of hydrogen-bond donors (Lipinski definition) is 1. The zero-order chi connectivity index (χ0) is 14.8. The first kappa shape index (κ1) is 15.1. The molecule has 0 saturated heterocycles. The van der Waals surface area contributed by atoms with Gasteiger partial charge in [-0.3, -0.25) is 0 Å². The van der Waals surface area contributed by atoms with E-state index in [1.807, 2.05) is 6.07 Å². The molecule has 21 heavy (non-hydrogen) atoms. The smallest absolute Gasteiger partial charge is 0.173 e. The number of hydrogen-bond acceptors (Lipinski definition) is 3. The van der Waals surface area contributed by atoms with Crippen molar-refractivity contribution in [3.63, 3.8) is 0 Å². The van der Waals surface area contributed by atoms with Crippen LogP contribution in [0.25, 0.3) is 0 Å². The van der Waals surface area contributed by atoms with Crippen LogP contribution in [0, 0.1) is 0 Å². The molecular weight excluding hydrogens is 398 g/mol. The van der Waals surface area contributed by atoms with E-state index in [1.54, 1.807) is 6.26 Å². The molecule has 0 fully saturated rings. The molecule has 1 N–H and O–H groups in total. The highest BCUT2D eigenvalue weighted by molar-refractivity contribution is 9.10. The normalized spacial score (nSPS) is 14.8. The molecule has 0 amide bonds. The average Bonchev–Trinajstić information content (AvgIpc) is 3.06. The summed E-state index contributed by atoms with van der Waals surface area (Å²) in [5, 5.41) is 3.52. The fraction of sp³-hybridized carbons (Fsp3) is 0.375. The van der Waals surface area contributed by atoms with Crippen LogP contribution in [0.15, 0.2) is 38.0 Å². The maximum Gasteiger partial charge on any atom is 0.173 e. The highest BCUT2D eigenvalue weighted by Gasteiger charge is 2.22. The Labute approximate surface area is 141 Å². The van der Waals surface area contributed by atoms with Crippen LogP contribution < -0.4 is 10.1 Å². The van der Waals surface area contributed by atoms with Gasteiger partial charge in [0.15, 0.2) is 4.67 Å². The second-order valence-electron chi connectivity index (χ2n) is 5.12. The monoisotopic (exact) mass is 413 g/mol. The summed E-state index contributed by atoms with van der Waals surface area (Å²) in [5.41, 5.74) is 3.67. The van der Waals surface area contributed by atoms with E-state index >= 15 is 0 Å². The molecular formula is C16H17Br2NO2. The Bertz CT molecular complexity index is 639. The predicted octanol–water partition coefficient (Wildman–Crippen LogP) is 4.63. The molecule has 0 bridgehead atoms. The molecule has 1 unspecified atom stereocenters. The van der Waals surface area contributed by atoms with Crippen molar-refractivity contribution in [3.8, 4) is 5.75 Å². The minimum atomic E-state index is 0.200. The highest BCUT2D eigenvalue weighted by Crippen LogP contribution is 2.36. The van der Waals surface area contributed by atoms with Gasteiger partial charge in [0, 0.05) is 22.5 Å². The second-order valence-corrected chi connectivity index (χ2v) is 6.75. The molecule has 0 aliphatic carbocycles. The molecule has 112 valence electrons. The molecule has 0 saturated carbocycles. The summed E-state index contributed by atoms with van der Waals surface area (Å²) in [6, 6.07) is 6.52. The van der Waals surface area contributed by atoms with Crippen LogP contribution in [0.3, 0.4) is 0 Å². The van der Waals surface area contributed by atoms with Gasteiger partial charge in [-0.1, -0.05) is 22.9 Å². The van der Waals surface area contributed by atoms with E-state index in [9.17, 15) is 0 Å². The van der Waals surface area contributed by atoms with Crippen molar-refractivity contribution in [1.29, 1.82) is 0 Å². The molecule has 3 nitrogen and oxygen atoms in total. The van der Waals surface area contributed by atoms with E-state index in [1.165, 1.54) is 11.1 Å². The van der Waals surface area contributed by atoms with E-state index < -0.39 is 0 Å². The van der Waals surface area contributed by atoms with Gasteiger partial charge >= 0.3 is 0 Å². The van der Waals surface area contributed by atoms with Crippen molar-refractivity contribution in [2.45, 2.75) is 25.8 Å². The lowest BCUT2D eigenvalue weighted by Crippen LogP contribution is -2.23. The molecule has 5 heteroatoms. The van der Waals surface area contributed by atoms with Crippen molar-refractivity contribution in [1.82, 2.24) is 5.32 Å². The molecule has 3 rings (SSSR count). The van der Waals surface area contributed by atoms with Gasteiger partial charge in [0.2, 0.25) is 0 Å². The third-order valence-electron chi connectivity index (χ3n) is 3.72. The number of likely N-dealkylation sites (N-methyl/N-ethyl adjacent to an activating group) is 1. The van der Waals surface area contributed by atoms with Crippen molar-refractivity contribution in [2.24, 2.45) is 0 Å². The zero-order valence-corrected chi connectivity index (χ0v) is 15.0. The third kappa shape index (κ3) is 3.20. The van der Waals surface area contributed by atoms with Crippen LogP contribution in [0.5, 0.6) is 5.75 Å². The van der Waals surface area contributed by atoms with Gasteiger partial charge < -0.3 is 14.5 Å². The number of nitrogens with one attached hydrogen (secondary N) is 1. The SMILES string of the molecule is CCNC(Cc1cc(Br)cc2c1OCC2)c1ccoc1Br. The van der Waals surface area contributed by atoms with Crippen LogP contribution in [0.1, 0.15) is 29.7 Å². The number of ether oxygens (including phenoxy) is 1. The van der Waals surface area contributed by atoms with Crippen molar-refractivity contribution in [3.05, 3.63) is 50.3 Å². The minimum absolute atomic E-state index is 0.200. The summed E-state index contributed by atoms with van der Waals surface area (Å²) < 4.78 is 13.1. The second kappa shape index (κ2) is 6.55. The van der Waals surface area contributed by atoms with Gasteiger partial charge in [-0.2, -0.15) is 0 Å². The Morgan fingerprint density at radius 2 is 2.19 bits per heavy atom. The fourth-order valence-corrected chi connectivity index (χ4v) is 3.88. The summed E-state index contributed by atoms with van der Waals surface area (Å²) in [4.78, 5) is 0. The molecule has 1 aliphatic rings. The fourth-order valence-electron chi connectivity index (χ4n) is 2.81. The summed E-state index contributed by atoms with van der Waals surface area (Å²) >= 11 is 7.08. The van der Waals surface area contributed by atoms with Gasteiger partial charge in [0.05, 0.1) is 12.9 Å². The summed E-state index contributed by atoms with van der Waals surface area (Å²) in [7, 11) is 0. The van der Waals surface area contributed by atoms with E-state index in [4.69, 9.17) is 9.15 Å². The van der Waals surface area contributed by atoms with Crippen LogP contribution in [0.2, 0.25) is 0 Å². The molecule has 1 atom stereocenters. The van der Waals surface area contributed by atoms with Crippen molar-refractivity contribution >= 4 is 31.9 Å². The molecule has 0 radical (unpaired) electrons. The Morgan fingerprint density at radius 1 is 1.33 bits per heavy atom. The molecule has 0 spiro atoms. The van der Waals surface area contributed by atoms with Crippen LogP contribution in [-0.4, -0.2) is 13.2 Å². The number of halogens is 2. The molecule has 2 aromatic rings. The molecule has 1 aromatic heterocycles. The van der Waals surface area contributed by atoms with Gasteiger partial charge in [0.1, 0.15) is 5.75 Å². The number of rotatable bonds is 5. The minimum Gasteiger partial charge on any atom is -0.493 e. The average molecular weight is 415 g/mol. The maximum absolute atomic E-state index is 5.83. The predicted molar refractivity (Wildman–Crippen MR) is 89.9 cm³/mol. The standard InChI is InChI=1S/C16H17Br2NO2/c1-2-19-14(13-4-6-21-16(13)18)9-11-8-12(17)7-10-3-5-20-15(10)11/h4,6-8,14,19H,2-3,5,9H2,1H3. The number of fused-ring (bicyclic) bond motifs is 1. The first-order valence-corrected chi connectivity index (χ1v) is 8.68. The molecule has 1 aromatic carbocycles. The van der Waals surface area contributed by atoms with E-state index in [-0.39, 0.29) is 6.04 Å². The number of benzene rings is 1. The Balaban J connectivity index is 1.92. The van der Waals surface area contributed by atoms with Crippen LogP contribution in [0.4, 0.5) is 0 Å². The van der Waals surface area contributed by atoms with E-state index in [2.05, 4.69) is 56.2 Å². The van der Waals surface area contributed by atoms with E-state index in [0.717, 1.165) is 46.4 Å². The summed E-state index contributed by atoms with van der Waals surface area (Å²) in [6.07, 6.45) is 3.57. The van der Waals surface area contributed by atoms with Crippen LogP contribution in [-0.2, 0) is 12.8 Å². The lowest BCUT2D eigenvalue weighted by atomic mass is 9.98. The van der Waals surface area contributed by atoms with Gasteiger partial charge in [-0.15, -0.1) is 0 Å². The first-order valence-electron chi connectivity index (χ1n) is 7.09. The zero-order valence-electron chi connectivity index (χ0n) is 11.8. The topological polar surface area (TPSA) is 34.4 Å². The van der Waals surface area contributed by atoms with Gasteiger partial charge in [-0.25, -0.2) is 0 Å². The summed E-state index contributed by atoms with van der Waals surface area (Å²) in [6.45, 7) is 3.79. The maximum atomic E-state index is 5.83. The van der Waals surface area contributed by atoms with Gasteiger partial charge in [-0.05, 0) is 58.2 Å². The number of furan rings is 1. The van der Waals surface area contributed by atoms with Crippen molar-refractivity contribution < 1.29 is 9.15 Å². The molecule has 1 aliphatic heterocycles. The van der Waals surface area contributed by atoms with Gasteiger partial charge in [0.25, 0.3) is 0 Å². The molecule has 2 heterocycles. The Kier molecular flexibility index (Phi) is 4.72. The largest absolute Gasteiger partial charge is 0.493 e. The Hall–Kier alpha value is -0.780. The highest BCUT2D eigenvalue weighted by atomic mass is 79.9. The van der Waals surface area contributed by atoms with Crippen LogP contribution >= 0.6 is 31.9 Å². The third-order valence-corrected chi connectivity index (χ3v) is 4.82. The summed E-state index contributed by atoms with van der Waals surface area (Å²) in [5.74, 6) is 1.06. The Morgan fingerprint density at radius 3 is 2.90 bits per heavy atom. The van der Waals surface area contributed by atoms with Crippen molar-refractivity contribution in [2.75, 3.05) is 13.2 Å². The van der Waals surface area contributed by atoms with E-state index in [0.29, 0.717) is 0 Å². The quantitative estimate of drug-likeness (QED) is 0.774. The first-order chi connectivity index (χ1) is 10.2. The lowest BCUT2D eigenvalue weighted by Gasteiger charge is -2.19.